The first-order valence-corrected chi connectivity index (χ1v) is 3.12. The minimum absolute atomic E-state index is 0.191. The first kappa shape index (κ1) is 2.52. The molecule has 0 aromatic heterocycles. The van der Waals surface area contributed by atoms with Crippen LogP contribution in [0.25, 0.3) is 0 Å². The minimum atomic E-state index is 0.191. The quantitative estimate of drug-likeness (QED) is 0.435. The SMILES string of the molecule is [2H]C1CC2CC1CC2[2H]. The van der Waals surface area contributed by atoms with Gasteiger partial charge in [-0.15, -0.1) is 0 Å². The molecule has 0 N–H and O–H groups in total. The summed E-state index contributed by atoms with van der Waals surface area (Å²) in [6, 6.07) is 0. The van der Waals surface area contributed by atoms with Gasteiger partial charge in [0, 0.05) is 2.74 Å². The lowest BCUT2D eigenvalue weighted by Gasteiger charge is -2.05. The lowest BCUT2D eigenvalue weighted by molar-refractivity contribution is 0.480. The third-order valence-corrected chi connectivity index (χ3v) is 2.15. The monoisotopic (exact) mass is 98.1 g/mol. The summed E-state index contributed by atoms with van der Waals surface area (Å²) in [5.41, 5.74) is 0. The second-order valence-corrected chi connectivity index (χ2v) is 2.70. The standard InChI is InChI=1S/C7H12/c1-2-7-4-3-6(1)5-7/h6-7H,1-5H2/i1D,4D. The lowest BCUT2D eigenvalue weighted by Crippen LogP contribution is -1.90. The number of hydrogen-bond acceptors (Lipinski definition) is 0. The van der Waals surface area contributed by atoms with Gasteiger partial charge in [0.1, 0.15) is 0 Å². The zero-order valence-electron chi connectivity index (χ0n) is 6.43. The summed E-state index contributed by atoms with van der Waals surface area (Å²) in [6.45, 7) is 0. The van der Waals surface area contributed by atoms with Gasteiger partial charge in [0.25, 0.3) is 0 Å². The molecule has 2 rings (SSSR count). The molecule has 2 aliphatic rings. The molecule has 4 atom stereocenters. The zero-order chi connectivity index (χ0) is 6.43. The van der Waals surface area contributed by atoms with E-state index in [1.165, 1.54) is 6.42 Å². The van der Waals surface area contributed by atoms with Crippen molar-refractivity contribution in [2.24, 2.45) is 11.8 Å². The molecule has 0 aromatic carbocycles. The molecule has 40 valence electrons. The van der Waals surface area contributed by atoms with E-state index >= 15 is 0 Å². The molecule has 2 saturated carbocycles. The van der Waals surface area contributed by atoms with Crippen LogP contribution in [0.5, 0.6) is 0 Å². The van der Waals surface area contributed by atoms with E-state index in [1.807, 2.05) is 0 Å². The van der Waals surface area contributed by atoms with E-state index in [1.54, 1.807) is 0 Å². The molecule has 0 aromatic rings. The number of rotatable bonds is 0. The summed E-state index contributed by atoms with van der Waals surface area (Å²) in [7, 11) is 0. The molecule has 7 heavy (non-hydrogen) atoms. The van der Waals surface area contributed by atoms with E-state index in [0.717, 1.165) is 12.8 Å². The number of hydrogen-bond donors (Lipinski definition) is 0. The largest absolute Gasteiger partial charge is 0.0502 e. The van der Waals surface area contributed by atoms with Gasteiger partial charge < -0.3 is 0 Å². The Balaban J connectivity index is 2.10. The second kappa shape index (κ2) is 1.24. The summed E-state index contributed by atoms with van der Waals surface area (Å²) in [5, 5.41) is 0. The normalized spacial score (nSPS) is 73.1. The molecule has 0 heterocycles. The van der Waals surface area contributed by atoms with Crippen molar-refractivity contribution in [1.82, 2.24) is 0 Å². The van der Waals surface area contributed by atoms with Gasteiger partial charge in [-0.1, -0.05) is 25.6 Å². The fraction of sp³-hybridized carbons (Fsp3) is 1.00. The molecule has 0 aliphatic heterocycles. The molecule has 0 amide bonds. The van der Waals surface area contributed by atoms with Crippen LogP contribution in [0.4, 0.5) is 0 Å². The summed E-state index contributed by atoms with van der Waals surface area (Å²) >= 11 is 0. The summed E-state index contributed by atoms with van der Waals surface area (Å²) in [6.07, 6.45) is 3.59. The van der Waals surface area contributed by atoms with Crippen LogP contribution in [-0.2, 0) is 0 Å². The molecule has 0 saturated heterocycles. The Labute approximate surface area is 47.7 Å². The predicted molar refractivity (Wildman–Crippen MR) is 30.1 cm³/mol. The van der Waals surface area contributed by atoms with Gasteiger partial charge in [-0.25, -0.2) is 0 Å². The summed E-state index contributed by atoms with van der Waals surface area (Å²) in [4.78, 5) is 0. The summed E-state index contributed by atoms with van der Waals surface area (Å²) < 4.78 is 15.1. The van der Waals surface area contributed by atoms with Crippen LogP contribution < -0.4 is 0 Å². The molecule has 2 aliphatic carbocycles. The van der Waals surface area contributed by atoms with Gasteiger partial charge in [-0.05, 0) is 18.3 Å². The third-order valence-electron chi connectivity index (χ3n) is 2.15. The minimum Gasteiger partial charge on any atom is -0.0502 e. The molecule has 4 unspecified atom stereocenters. The Morgan fingerprint density at radius 2 is 1.71 bits per heavy atom. The zero-order valence-corrected chi connectivity index (χ0v) is 4.43. The molecule has 0 radical (unpaired) electrons. The fourth-order valence-corrected chi connectivity index (χ4v) is 1.70. The number of fused-ring (bicyclic) bond motifs is 2. The maximum absolute atomic E-state index is 7.53. The average Bonchev–Trinajstić information content (AvgIpc) is 2.24. The fourth-order valence-electron chi connectivity index (χ4n) is 1.70. The lowest BCUT2D eigenvalue weighted by atomic mass is 10.0. The van der Waals surface area contributed by atoms with Crippen LogP contribution >= 0.6 is 0 Å². The van der Waals surface area contributed by atoms with Crippen LogP contribution in [0, 0.1) is 11.8 Å². The van der Waals surface area contributed by atoms with E-state index in [9.17, 15) is 0 Å². The Bertz CT molecular complexity index is 106. The molecular formula is C7H12. The molecule has 0 heteroatoms. The van der Waals surface area contributed by atoms with Gasteiger partial charge >= 0.3 is 0 Å². The Morgan fingerprint density at radius 1 is 1.14 bits per heavy atom. The summed E-state index contributed by atoms with van der Waals surface area (Å²) in [5.74, 6) is 1.19. The van der Waals surface area contributed by atoms with E-state index < -0.39 is 0 Å². The Kier molecular flexibility index (Phi) is 0.446. The highest BCUT2D eigenvalue weighted by molar-refractivity contribution is 4.82. The third kappa shape index (κ3) is 0.490. The van der Waals surface area contributed by atoms with Crippen LogP contribution in [0.1, 0.15) is 34.8 Å². The van der Waals surface area contributed by atoms with E-state index in [0.29, 0.717) is 11.8 Å². The van der Waals surface area contributed by atoms with Crippen LogP contribution in [0.2, 0.25) is 0 Å². The first-order valence-electron chi connectivity index (χ1n) is 4.27. The van der Waals surface area contributed by atoms with Gasteiger partial charge in [0.05, 0.1) is 0 Å². The average molecular weight is 98.2 g/mol. The van der Waals surface area contributed by atoms with Crippen molar-refractivity contribution in [1.29, 1.82) is 0 Å². The van der Waals surface area contributed by atoms with Gasteiger partial charge in [0.15, 0.2) is 0 Å². The van der Waals surface area contributed by atoms with E-state index in [4.69, 9.17) is 2.74 Å². The molecule has 2 fully saturated rings. The highest BCUT2D eigenvalue weighted by Gasteiger charge is 2.30. The first-order chi connectivity index (χ1) is 4.27. The van der Waals surface area contributed by atoms with Crippen LogP contribution in [-0.4, -0.2) is 0 Å². The van der Waals surface area contributed by atoms with Gasteiger partial charge in [-0.2, -0.15) is 0 Å². The van der Waals surface area contributed by atoms with Crippen molar-refractivity contribution in [3.05, 3.63) is 0 Å². The van der Waals surface area contributed by atoms with E-state index in [-0.39, 0.29) is 12.8 Å². The maximum Gasteiger partial charge on any atom is 0.0269 e. The Hall–Kier alpha value is 0. The molecule has 0 spiro atoms. The van der Waals surface area contributed by atoms with Crippen LogP contribution in [0.3, 0.4) is 0 Å². The molecular weight excluding hydrogens is 84.1 g/mol. The van der Waals surface area contributed by atoms with Crippen molar-refractivity contribution >= 4 is 0 Å². The maximum atomic E-state index is 7.53. The highest BCUT2D eigenvalue weighted by atomic mass is 14.4. The van der Waals surface area contributed by atoms with Crippen LogP contribution in [0.15, 0.2) is 0 Å². The van der Waals surface area contributed by atoms with Gasteiger partial charge in [0.2, 0.25) is 0 Å². The topological polar surface area (TPSA) is 0 Å². The second-order valence-electron chi connectivity index (χ2n) is 2.70. The van der Waals surface area contributed by atoms with Crippen molar-refractivity contribution < 1.29 is 2.74 Å². The van der Waals surface area contributed by atoms with Gasteiger partial charge in [-0.3, -0.25) is 0 Å². The van der Waals surface area contributed by atoms with Crippen molar-refractivity contribution in [3.63, 3.8) is 0 Å². The Morgan fingerprint density at radius 3 is 2.00 bits per heavy atom. The van der Waals surface area contributed by atoms with Crippen molar-refractivity contribution in [3.8, 4) is 0 Å². The van der Waals surface area contributed by atoms with E-state index in [2.05, 4.69) is 0 Å². The van der Waals surface area contributed by atoms with Crippen molar-refractivity contribution in [2.75, 3.05) is 0 Å². The molecule has 2 bridgehead atoms. The van der Waals surface area contributed by atoms with Crippen molar-refractivity contribution in [2.45, 2.75) is 32.1 Å². The molecule has 0 nitrogen and oxygen atoms in total. The highest BCUT2D eigenvalue weighted by Crippen LogP contribution is 2.43. The smallest absolute Gasteiger partial charge is 0.0269 e. The predicted octanol–water partition coefficient (Wildman–Crippen LogP) is 2.20.